The topological polar surface area (TPSA) is 9.23 Å². The number of fused-ring (bicyclic) bond motifs is 1. The molecule has 0 fully saturated rings. The summed E-state index contributed by atoms with van der Waals surface area (Å²) >= 11 is 0. The Morgan fingerprint density at radius 1 is 0.846 bits per heavy atom. The van der Waals surface area contributed by atoms with Crippen LogP contribution < -0.4 is 4.74 Å². The van der Waals surface area contributed by atoms with E-state index in [-0.39, 0.29) is 0 Å². The molecule has 1 aliphatic rings. The lowest BCUT2D eigenvalue weighted by Gasteiger charge is -2.25. The first-order chi connectivity index (χ1) is 12.8. The second-order valence-corrected chi connectivity index (χ2v) is 7.81. The highest BCUT2D eigenvalue weighted by Crippen LogP contribution is 2.32. The molecule has 26 heavy (non-hydrogen) atoms. The van der Waals surface area contributed by atoms with Gasteiger partial charge in [-0.2, -0.15) is 0 Å². The fourth-order valence-corrected chi connectivity index (χ4v) is 4.02. The molecule has 1 unspecified atom stereocenters. The predicted molar refractivity (Wildman–Crippen MR) is 112 cm³/mol. The Labute approximate surface area is 159 Å². The summed E-state index contributed by atoms with van der Waals surface area (Å²) < 4.78 is 5.78. The van der Waals surface area contributed by atoms with Crippen molar-refractivity contribution in [1.29, 1.82) is 0 Å². The van der Waals surface area contributed by atoms with E-state index in [1.165, 1.54) is 62.5 Å². The van der Waals surface area contributed by atoms with Crippen molar-refractivity contribution in [2.75, 3.05) is 6.61 Å². The summed E-state index contributed by atoms with van der Waals surface area (Å²) in [7, 11) is 0. The summed E-state index contributed by atoms with van der Waals surface area (Å²) in [4.78, 5) is 0. The predicted octanol–water partition coefficient (Wildman–Crippen LogP) is 7.22. The van der Waals surface area contributed by atoms with E-state index in [0.717, 1.165) is 24.7 Å². The van der Waals surface area contributed by atoms with Gasteiger partial charge in [-0.1, -0.05) is 76.3 Å². The zero-order chi connectivity index (χ0) is 18.2. The molecule has 140 valence electrons. The van der Waals surface area contributed by atoms with Gasteiger partial charge in [0.05, 0.1) is 6.61 Å². The number of rotatable bonds is 9. The SMILES string of the molecule is CCCCCC1CCc2cc(-c3ccc(OCCCC)cc3)ccc2C1. The average Bonchev–Trinajstić information content (AvgIpc) is 2.68. The summed E-state index contributed by atoms with van der Waals surface area (Å²) in [5.74, 6) is 1.88. The molecule has 0 N–H and O–H groups in total. The van der Waals surface area contributed by atoms with Gasteiger partial charge in [0.2, 0.25) is 0 Å². The van der Waals surface area contributed by atoms with Crippen LogP contribution >= 0.6 is 0 Å². The summed E-state index contributed by atoms with van der Waals surface area (Å²) in [5.41, 5.74) is 5.78. The Bertz CT molecular complexity index is 671. The second kappa shape index (κ2) is 9.80. The van der Waals surface area contributed by atoms with Gasteiger partial charge in [0.15, 0.2) is 0 Å². The van der Waals surface area contributed by atoms with E-state index in [1.54, 1.807) is 11.1 Å². The summed E-state index contributed by atoms with van der Waals surface area (Å²) in [6.45, 7) is 5.30. The fourth-order valence-electron chi connectivity index (χ4n) is 4.02. The lowest BCUT2D eigenvalue weighted by Crippen LogP contribution is -2.14. The van der Waals surface area contributed by atoms with Crippen LogP contribution in [0, 0.1) is 5.92 Å². The van der Waals surface area contributed by atoms with Crippen molar-refractivity contribution in [1.82, 2.24) is 0 Å². The van der Waals surface area contributed by atoms with Gasteiger partial charge in [0.1, 0.15) is 5.75 Å². The van der Waals surface area contributed by atoms with E-state index in [1.807, 2.05) is 0 Å². The molecular weight excluding hydrogens is 316 g/mol. The van der Waals surface area contributed by atoms with Crippen LogP contribution in [0.4, 0.5) is 0 Å². The van der Waals surface area contributed by atoms with Crippen molar-refractivity contribution in [3.05, 3.63) is 53.6 Å². The molecule has 0 heterocycles. The van der Waals surface area contributed by atoms with E-state index < -0.39 is 0 Å². The standard InChI is InChI=1S/C25H34O/c1-3-5-7-8-20-9-10-24-19-23(12-11-22(24)18-20)21-13-15-25(16-14-21)26-17-6-4-2/h11-16,19-20H,3-10,17-18H2,1-2H3. The number of hydrogen-bond acceptors (Lipinski definition) is 1. The maximum Gasteiger partial charge on any atom is 0.119 e. The minimum atomic E-state index is 0.814. The van der Waals surface area contributed by atoms with Gasteiger partial charge in [0.25, 0.3) is 0 Å². The van der Waals surface area contributed by atoms with Crippen LogP contribution in [0.25, 0.3) is 11.1 Å². The molecule has 0 radical (unpaired) electrons. The Balaban J connectivity index is 1.62. The Morgan fingerprint density at radius 2 is 1.62 bits per heavy atom. The van der Waals surface area contributed by atoms with Gasteiger partial charge in [-0.05, 0) is 66.0 Å². The van der Waals surface area contributed by atoms with E-state index in [9.17, 15) is 0 Å². The molecule has 0 bridgehead atoms. The molecule has 2 aromatic carbocycles. The minimum absolute atomic E-state index is 0.814. The van der Waals surface area contributed by atoms with Crippen molar-refractivity contribution in [3.63, 3.8) is 0 Å². The third-order valence-corrected chi connectivity index (χ3v) is 5.71. The minimum Gasteiger partial charge on any atom is -0.494 e. The number of aryl methyl sites for hydroxylation is 1. The highest BCUT2D eigenvalue weighted by atomic mass is 16.5. The Kier molecular flexibility index (Phi) is 7.17. The Hall–Kier alpha value is -1.76. The lowest BCUT2D eigenvalue weighted by atomic mass is 9.80. The monoisotopic (exact) mass is 350 g/mol. The van der Waals surface area contributed by atoms with Gasteiger partial charge >= 0.3 is 0 Å². The van der Waals surface area contributed by atoms with Gasteiger partial charge in [-0.25, -0.2) is 0 Å². The van der Waals surface area contributed by atoms with Gasteiger partial charge in [-0.15, -0.1) is 0 Å². The maximum atomic E-state index is 5.78. The normalized spacial score (nSPS) is 16.3. The second-order valence-electron chi connectivity index (χ2n) is 7.81. The van der Waals surface area contributed by atoms with E-state index in [4.69, 9.17) is 4.74 Å². The molecule has 1 heteroatoms. The van der Waals surface area contributed by atoms with Gasteiger partial charge in [0, 0.05) is 0 Å². The molecule has 0 amide bonds. The molecule has 1 aliphatic carbocycles. The molecule has 0 saturated heterocycles. The van der Waals surface area contributed by atoms with Crippen molar-refractivity contribution < 1.29 is 4.74 Å². The van der Waals surface area contributed by atoms with Crippen molar-refractivity contribution in [2.45, 2.75) is 71.6 Å². The third kappa shape index (κ3) is 5.13. The third-order valence-electron chi connectivity index (χ3n) is 5.71. The van der Waals surface area contributed by atoms with Crippen LogP contribution in [0.5, 0.6) is 5.75 Å². The summed E-state index contributed by atoms with van der Waals surface area (Å²) in [6, 6.07) is 15.7. The van der Waals surface area contributed by atoms with Gasteiger partial charge in [-0.3, -0.25) is 0 Å². The van der Waals surface area contributed by atoms with Crippen LogP contribution in [0.1, 0.15) is 69.9 Å². The molecule has 0 spiro atoms. The van der Waals surface area contributed by atoms with Crippen LogP contribution in [-0.4, -0.2) is 6.61 Å². The molecule has 0 aliphatic heterocycles. The van der Waals surface area contributed by atoms with E-state index >= 15 is 0 Å². The molecule has 0 saturated carbocycles. The molecule has 1 nitrogen and oxygen atoms in total. The first-order valence-corrected chi connectivity index (χ1v) is 10.6. The number of unbranched alkanes of at least 4 members (excludes halogenated alkanes) is 3. The molecule has 0 aromatic heterocycles. The van der Waals surface area contributed by atoms with E-state index in [0.29, 0.717) is 0 Å². The van der Waals surface area contributed by atoms with Crippen LogP contribution in [0.15, 0.2) is 42.5 Å². The number of benzene rings is 2. The highest BCUT2D eigenvalue weighted by molar-refractivity contribution is 5.65. The van der Waals surface area contributed by atoms with E-state index in [2.05, 4.69) is 56.3 Å². The van der Waals surface area contributed by atoms with Crippen LogP contribution in [0.3, 0.4) is 0 Å². The first kappa shape index (κ1) is 19.0. The smallest absolute Gasteiger partial charge is 0.119 e. The highest BCUT2D eigenvalue weighted by Gasteiger charge is 2.18. The lowest BCUT2D eigenvalue weighted by molar-refractivity contribution is 0.309. The van der Waals surface area contributed by atoms with Crippen molar-refractivity contribution in [2.24, 2.45) is 5.92 Å². The molecule has 3 rings (SSSR count). The largest absolute Gasteiger partial charge is 0.494 e. The zero-order valence-corrected chi connectivity index (χ0v) is 16.6. The van der Waals surface area contributed by atoms with Crippen LogP contribution in [-0.2, 0) is 12.8 Å². The molecule has 2 aromatic rings. The number of hydrogen-bond donors (Lipinski definition) is 0. The maximum absolute atomic E-state index is 5.78. The van der Waals surface area contributed by atoms with Gasteiger partial charge < -0.3 is 4.74 Å². The van der Waals surface area contributed by atoms with Crippen molar-refractivity contribution >= 4 is 0 Å². The fraction of sp³-hybridized carbons (Fsp3) is 0.520. The summed E-state index contributed by atoms with van der Waals surface area (Å²) in [5, 5.41) is 0. The molecular formula is C25H34O. The average molecular weight is 351 g/mol. The summed E-state index contributed by atoms with van der Waals surface area (Å²) in [6.07, 6.45) is 11.7. The zero-order valence-electron chi connectivity index (χ0n) is 16.6. The Morgan fingerprint density at radius 3 is 2.38 bits per heavy atom. The molecule has 1 atom stereocenters. The van der Waals surface area contributed by atoms with Crippen LogP contribution in [0.2, 0.25) is 0 Å². The first-order valence-electron chi connectivity index (χ1n) is 10.6. The number of ether oxygens (including phenoxy) is 1. The quantitative estimate of drug-likeness (QED) is 0.434. The van der Waals surface area contributed by atoms with Crippen molar-refractivity contribution in [3.8, 4) is 16.9 Å².